The van der Waals surface area contributed by atoms with Crippen LogP contribution < -0.4 is 4.90 Å². The van der Waals surface area contributed by atoms with Crippen molar-refractivity contribution in [1.29, 1.82) is 0 Å². The number of para-hydroxylation sites is 1. The highest BCUT2D eigenvalue weighted by Crippen LogP contribution is 2.31. The third-order valence-corrected chi connectivity index (χ3v) is 2.52. The molecular formula is C12H12FN3O2. The molecule has 0 aliphatic rings. The van der Waals surface area contributed by atoms with E-state index >= 15 is 0 Å². The molecule has 0 spiro atoms. The average molecular weight is 249 g/mol. The van der Waals surface area contributed by atoms with Gasteiger partial charge in [0.15, 0.2) is 0 Å². The molecule has 0 bridgehead atoms. The first-order valence-electron chi connectivity index (χ1n) is 5.25. The Labute approximate surface area is 103 Å². The largest absolute Gasteiger partial charge is 0.477 e. The summed E-state index contributed by atoms with van der Waals surface area (Å²) in [5.74, 6) is -1.48. The molecule has 0 amide bonds. The Hall–Kier alpha value is -2.37. The Kier molecular flexibility index (Phi) is 3.01. The minimum Gasteiger partial charge on any atom is -0.477 e. The van der Waals surface area contributed by atoms with Crippen molar-refractivity contribution in [2.45, 2.75) is 0 Å². The molecule has 6 heteroatoms. The fourth-order valence-electron chi connectivity index (χ4n) is 1.75. The van der Waals surface area contributed by atoms with E-state index in [1.165, 1.54) is 12.1 Å². The SMILES string of the molecule is CN(C)c1c(F)cccc1-c1cc(C(=O)O)[nH]n1. The number of nitrogens with one attached hydrogen (secondary N) is 1. The third kappa shape index (κ3) is 2.04. The van der Waals surface area contributed by atoms with Crippen molar-refractivity contribution in [1.82, 2.24) is 10.2 Å². The maximum Gasteiger partial charge on any atom is 0.353 e. The molecule has 2 rings (SSSR count). The lowest BCUT2D eigenvalue weighted by Gasteiger charge is -2.16. The van der Waals surface area contributed by atoms with Gasteiger partial charge in [0.25, 0.3) is 0 Å². The van der Waals surface area contributed by atoms with Crippen LogP contribution in [0.1, 0.15) is 10.5 Å². The number of nitrogens with zero attached hydrogens (tertiary/aromatic N) is 2. The number of rotatable bonds is 3. The van der Waals surface area contributed by atoms with Crippen molar-refractivity contribution in [3.8, 4) is 11.3 Å². The van der Waals surface area contributed by atoms with Gasteiger partial charge in [0.2, 0.25) is 0 Å². The van der Waals surface area contributed by atoms with Gasteiger partial charge >= 0.3 is 5.97 Å². The summed E-state index contributed by atoms with van der Waals surface area (Å²) in [6.45, 7) is 0. The van der Waals surface area contributed by atoms with Gasteiger partial charge in [-0.1, -0.05) is 12.1 Å². The maximum absolute atomic E-state index is 13.8. The van der Waals surface area contributed by atoms with E-state index in [0.717, 1.165) is 0 Å². The molecule has 0 aliphatic carbocycles. The first-order valence-corrected chi connectivity index (χ1v) is 5.25. The van der Waals surface area contributed by atoms with Gasteiger partial charge in [-0.05, 0) is 12.1 Å². The second kappa shape index (κ2) is 4.48. The van der Waals surface area contributed by atoms with Crippen molar-refractivity contribution in [2.75, 3.05) is 19.0 Å². The lowest BCUT2D eigenvalue weighted by Crippen LogP contribution is -2.12. The van der Waals surface area contributed by atoms with Crippen molar-refractivity contribution >= 4 is 11.7 Å². The van der Waals surface area contributed by atoms with Gasteiger partial charge in [-0.3, -0.25) is 5.10 Å². The highest BCUT2D eigenvalue weighted by molar-refractivity contribution is 5.88. The number of halogens is 1. The number of hydrogen-bond acceptors (Lipinski definition) is 3. The summed E-state index contributed by atoms with van der Waals surface area (Å²) in [6.07, 6.45) is 0. The zero-order valence-electron chi connectivity index (χ0n) is 9.94. The molecule has 1 aromatic carbocycles. The standard InChI is InChI=1S/C12H12FN3O2/c1-16(2)11-7(4-3-5-8(11)13)9-6-10(12(17)18)15-14-9/h3-6H,1-2H3,(H,14,15)(H,17,18). The first kappa shape index (κ1) is 12.1. The fourth-order valence-corrected chi connectivity index (χ4v) is 1.75. The lowest BCUT2D eigenvalue weighted by atomic mass is 10.1. The third-order valence-electron chi connectivity index (χ3n) is 2.52. The Balaban J connectivity index is 2.56. The van der Waals surface area contributed by atoms with Gasteiger partial charge in [0, 0.05) is 19.7 Å². The smallest absolute Gasteiger partial charge is 0.353 e. The monoisotopic (exact) mass is 249 g/mol. The summed E-state index contributed by atoms with van der Waals surface area (Å²) in [4.78, 5) is 12.4. The second-order valence-corrected chi connectivity index (χ2v) is 4.00. The molecule has 0 aliphatic heterocycles. The van der Waals surface area contributed by atoms with Gasteiger partial charge in [-0.2, -0.15) is 5.10 Å². The van der Waals surface area contributed by atoms with Crippen LogP contribution >= 0.6 is 0 Å². The van der Waals surface area contributed by atoms with E-state index in [-0.39, 0.29) is 11.5 Å². The number of aromatic nitrogens is 2. The molecule has 2 aromatic rings. The van der Waals surface area contributed by atoms with Crippen LogP contribution in [0.3, 0.4) is 0 Å². The van der Waals surface area contributed by atoms with E-state index in [1.54, 1.807) is 31.1 Å². The van der Waals surface area contributed by atoms with E-state index in [2.05, 4.69) is 10.2 Å². The fraction of sp³-hybridized carbons (Fsp3) is 0.167. The van der Waals surface area contributed by atoms with Crippen LogP contribution in [0.25, 0.3) is 11.3 Å². The van der Waals surface area contributed by atoms with Crippen molar-refractivity contribution in [3.05, 3.63) is 35.8 Å². The molecule has 0 radical (unpaired) electrons. The van der Waals surface area contributed by atoms with Crippen LogP contribution in [0.15, 0.2) is 24.3 Å². The number of benzene rings is 1. The number of carbonyl (C=O) groups is 1. The van der Waals surface area contributed by atoms with Crippen molar-refractivity contribution in [3.63, 3.8) is 0 Å². The maximum atomic E-state index is 13.8. The molecule has 0 unspecified atom stereocenters. The van der Waals surface area contributed by atoms with Gasteiger partial charge in [-0.15, -0.1) is 0 Å². The molecule has 18 heavy (non-hydrogen) atoms. The number of H-pyrrole nitrogens is 1. The Bertz CT molecular complexity index is 593. The van der Waals surface area contributed by atoms with Gasteiger partial charge in [0.1, 0.15) is 11.5 Å². The topological polar surface area (TPSA) is 69.2 Å². The van der Waals surface area contributed by atoms with Gasteiger partial charge in [-0.25, -0.2) is 9.18 Å². The molecule has 0 saturated carbocycles. The zero-order chi connectivity index (χ0) is 13.3. The highest BCUT2D eigenvalue weighted by Gasteiger charge is 2.16. The van der Waals surface area contributed by atoms with Crippen LogP contribution in [0.5, 0.6) is 0 Å². The molecule has 0 fully saturated rings. The second-order valence-electron chi connectivity index (χ2n) is 4.00. The van der Waals surface area contributed by atoms with E-state index in [0.29, 0.717) is 16.9 Å². The summed E-state index contributed by atoms with van der Waals surface area (Å²) in [5, 5.41) is 15.1. The quantitative estimate of drug-likeness (QED) is 0.872. The van der Waals surface area contributed by atoms with Crippen LogP contribution in [0, 0.1) is 5.82 Å². The first-order chi connectivity index (χ1) is 8.50. The minimum absolute atomic E-state index is 0.0287. The van der Waals surface area contributed by atoms with Crippen molar-refractivity contribution < 1.29 is 14.3 Å². The molecule has 5 nitrogen and oxygen atoms in total. The molecule has 1 heterocycles. The summed E-state index contributed by atoms with van der Waals surface area (Å²) in [6, 6.07) is 5.99. The highest BCUT2D eigenvalue weighted by atomic mass is 19.1. The van der Waals surface area contributed by atoms with E-state index in [4.69, 9.17) is 5.11 Å². The Morgan fingerprint density at radius 1 is 1.44 bits per heavy atom. The minimum atomic E-state index is -1.10. The number of aromatic amines is 1. The molecule has 0 saturated heterocycles. The van der Waals surface area contributed by atoms with E-state index < -0.39 is 5.97 Å². The van der Waals surface area contributed by atoms with Crippen molar-refractivity contribution in [2.24, 2.45) is 0 Å². The normalized spacial score (nSPS) is 10.4. The molecule has 94 valence electrons. The van der Waals surface area contributed by atoms with Crippen LogP contribution in [0.4, 0.5) is 10.1 Å². The summed E-state index contributed by atoms with van der Waals surface area (Å²) >= 11 is 0. The average Bonchev–Trinajstić information content (AvgIpc) is 2.77. The summed E-state index contributed by atoms with van der Waals surface area (Å²) in [7, 11) is 3.43. The number of carboxylic acid groups (broad SMARTS) is 1. The van der Waals surface area contributed by atoms with Gasteiger partial charge in [0.05, 0.1) is 11.4 Å². The van der Waals surface area contributed by atoms with E-state index in [1.807, 2.05) is 0 Å². The van der Waals surface area contributed by atoms with Crippen LogP contribution in [-0.4, -0.2) is 35.4 Å². The number of anilines is 1. The molecule has 2 N–H and O–H groups in total. The number of hydrogen-bond donors (Lipinski definition) is 2. The number of aromatic carboxylic acids is 1. The van der Waals surface area contributed by atoms with Crippen LogP contribution in [0.2, 0.25) is 0 Å². The zero-order valence-corrected chi connectivity index (χ0v) is 9.94. The molecule has 0 atom stereocenters. The van der Waals surface area contributed by atoms with Crippen LogP contribution in [-0.2, 0) is 0 Å². The molecular weight excluding hydrogens is 237 g/mol. The number of carboxylic acids is 1. The Morgan fingerprint density at radius 2 is 2.17 bits per heavy atom. The van der Waals surface area contributed by atoms with E-state index in [9.17, 15) is 9.18 Å². The Morgan fingerprint density at radius 3 is 2.72 bits per heavy atom. The molecule has 1 aromatic heterocycles. The summed E-state index contributed by atoms with van der Waals surface area (Å²) < 4.78 is 13.8. The predicted molar refractivity (Wildman–Crippen MR) is 65.3 cm³/mol. The van der Waals surface area contributed by atoms with Gasteiger partial charge < -0.3 is 10.0 Å². The lowest BCUT2D eigenvalue weighted by molar-refractivity contribution is 0.0690. The summed E-state index contributed by atoms with van der Waals surface area (Å²) in [5.41, 5.74) is 1.29. The predicted octanol–water partition coefficient (Wildman–Crippen LogP) is 1.98.